The van der Waals surface area contributed by atoms with Gasteiger partial charge in [-0.1, -0.05) is 56.3 Å². The number of fused-ring (bicyclic) bond motifs is 2. The van der Waals surface area contributed by atoms with Crippen molar-refractivity contribution in [2.24, 2.45) is 7.05 Å². The monoisotopic (exact) mass is 326 g/mol. The van der Waals surface area contributed by atoms with Crippen LogP contribution in [0.15, 0.2) is 66.9 Å². The molecule has 0 saturated carbocycles. The Labute approximate surface area is 149 Å². The Kier molecular flexibility index (Phi) is 3.80. The van der Waals surface area contributed by atoms with Crippen LogP contribution < -0.4 is 4.57 Å². The Balaban J connectivity index is 2.03. The standard InChI is InChI=1S/C24H24N/c1-16(2)18-9-10-22-21(14-18)11-12-25(4)24(22)23-15-20-8-6-5-7-19(20)13-17(23)3/h5-16H,1-4H3/q+1. The molecule has 0 fully saturated rings. The van der Waals surface area contributed by atoms with Crippen LogP contribution in [0.1, 0.15) is 30.9 Å². The quantitative estimate of drug-likeness (QED) is 0.403. The van der Waals surface area contributed by atoms with Crippen LogP contribution in [0.5, 0.6) is 0 Å². The van der Waals surface area contributed by atoms with Crippen LogP contribution >= 0.6 is 0 Å². The van der Waals surface area contributed by atoms with Crippen molar-refractivity contribution in [2.75, 3.05) is 0 Å². The highest BCUT2D eigenvalue weighted by Gasteiger charge is 2.18. The van der Waals surface area contributed by atoms with Crippen molar-refractivity contribution in [1.29, 1.82) is 0 Å². The van der Waals surface area contributed by atoms with Crippen molar-refractivity contribution in [3.8, 4) is 11.3 Å². The van der Waals surface area contributed by atoms with E-state index in [9.17, 15) is 0 Å². The van der Waals surface area contributed by atoms with E-state index < -0.39 is 0 Å². The van der Waals surface area contributed by atoms with E-state index in [1.54, 1.807) is 0 Å². The van der Waals surface area contributed by atoms with Crippen LogP contribution in [0.25, 0.3) is 32.8 Å². The second kappa shape index (κ2) is 6.00. The van der Waals surface area contributed by atoms with Crippen LogP contribution in [0, 0.1) is 6.92 Å². The lowest BCUT2D eigenvalue weighted by Crippen LogP contribution is -2.30. The number of hydrogen-bond acceptors (Lipinski definition) is 0. The Morgan fingerprint density at radius 3 is 2.24 bits per heavy atom. The second-order valence-electron chi connectivity index (χ2n) is 7.29. The minimum absolute atomic E-state index is 0.546. The average molecular weight is 326 g/mol. The molecule has 4 rings (SSSR count). The van der Waals surface area contributed by atoms with Crippen molar-refractivity contribution < 1.29 is 4.57 Å². The van der Waals surface area contributed by atoms with E-state index in [2.05, 4.69) is 99.2 Å². The normalized spacial score (nSPS) is 11.6. The lowest BCUT2D eigenvalue weighted by Gasteiger charge is -2.11. The van der Waals surface area contributed by atoms with Gasteiger partial charge in [-0.3, -0.25) is 0 Å². The zero-order chi connectivity index (χ0) is 17.6. The van der Waals surface area contributed by atoms with Crippen LogP contribution in [-0.2, 0) is 7.05 Å². The molecule has 4 aromatic rings. The van der Waals surface area contributed by atoms with E-state index in [-0.39, 0.29) is 0 Å². The highest BCUT2D eigenvalue weighted by atomic mass is 14.9. The zero-order valence-electron chi connectivity index (χ0n) is 15.4. The maximum Gasteiger partial charge on any atom is 0.220 e. The molecule has 1 aromatic heterocycles. The van der Waals surface area contributed by atoms with E-state index in [1.165, 1.54) is 43.9 Å². The molecule has 0 radical (unpaired) electrons. The van der Waals surface area contributed by atoms with Gasteiger partial charge in [0, 0.05) is 6.07 Å². The predicted molar refractivity (Wildman–Crippen MR) is 107 cm³/mol. The molecule has 25 heavy (non-hydrogen) atoms. The number of rotatable bonds is 2. The van der Waals surface area contributed by atoms with E-state index >= 15 is 0 Å². The van der Waals surface area contributed by atoms with Gasteiger partial charge < -0.3 is 0 Å². The molecule has 0 N–H and O–H groups in total. The van der Waals surface area contributed by atoms with Gasteiger partial charge in [-0.15, -0.1) is 0 Å². The number of aryl methyl sites for hydroxylation is 2. The predicted octanol–water partition coefficient (Wildman–Crippen LogP) is 5.92. The van der Waals surface area contributed by atoms with Crippen molar-refractivity contribution >= 4 is 21.5 Å². The van der Waals surface area contributed by atoms with Gasteiger partial charge in [0.15, 0.2) is 6.20 Å². The fraction of sp³-hybridized carbons (Fsp3) is 0.208. The van der Waals surface area contributed by atoms with Gasteiger partial charge in [0.1, 0.15) is 7.05 Å². The van der Waals surface area contributed by atoms with Crippen LogP contribution in [0.4, 0.5) is 0 Å². The SMILES string of the molecule is Cc1cc2ccccc2cc1-c1c2ccc(C(C)C)cc2cc[n+]1C. The number of hydrogen-bond donors (Lipinski definition) is 0. The lowest BCUT2D eigenvalue weighted by atomic mass is 9.94. The highest BCUT2D eigenvalue weighted by molar-refractivity contribution is 5.97. The molecule has 1 heterocycles. The third-order valence-electron chi connectivity index (χ3n) is 5.18. The molecular formula is C24H24N+. The molecule has 0 aliphatic carbocycles. The summed E-state index contributed by atoms with van der Waals surface area (Å²) in [4.78, 5) is 0. The molecule has 0 saturated heterocycles. The van der Waals surface area contributed by atoms with E-state index in [4.69, 9.17) is 0 Å². The second-order valence-corrected chi connectivity index (χ2v) is 7.29. The molecule has 0 amide bonds. The summed E-state index contributed by atoms with van der Waals surface area (Å²) in [5.74, 6) is 0.546. The molecule has 0 bridgehead atoms. The summed E-state index contributed by atoms with van der Waals surface area (Å²) in [6, 6.07) is 22.3. The Bertz CT molecular complexity index is 1090. The third kappa shape index (κ3) is 2.70. The van der Waals surface area contributed by atoms with Gasteiger partial charge in [0.25, 0.3) is 0 Å². The topological polar surface area (TPSA) is 3.88 Å². The van der Waals surface area contributed by atoms with Gasteiger partial charge in [-0.25, -0.2) is 4.57 Å². The average Bonchev–Trinajstić information content (AvgIpc) is 2.61. The Morgan fingerprint density at radius 1 is 0.800 bits per heavy atom. The molecule has 0 aliphatic heterocycles. The first-order valence-electron chi connectivity index (χ1n) is 8.96. The summed E-state index contributed by atoms with van der Waals surface area (Å²) in [6.07, 6.45) is 2.18. The van der Waals surface area contributed by atoms with Crippen LogP contribution in [-0.4, -0.2) is 0 Å². The molecule has 0 atom stereocenters. The van der Waals surface area contributed by atoms with Crippen LogP contribution in [0.3, 0.4) is 0 Å². The summed E-state index contributed by atoms with van der Waals surface area (Å²) in [5, 5.41) is 5.22. The number of pyridine rings is 1. The van der Waals surface area contributed by atoms with Crippen molar-refractivity contribution in [2.45, 2.75) is 26.7 Å². The number of nitrogens with zero attached hydrogens (tertiary/aromatic N) is 1. The maximum absolute atomic E-state index is 2.33. The first kappa shape index (κ1) is 15.8. The summed E-state index contributed by atoms with van der Waals surface area (Å²) in [5.41, 5.74) is 5.30. The smallest absolute Gasteiger partial charge is 0.200 e. The molecule has 0 unspecified atom stereocenters. The minimum atomic E-state index is 0.546. The highest BCUT2D eigenvalue weighted by Crippen LogP contribution is 2.32. The first-order chi connectivity index (χ1) is 12.0. The van der Waals surface area contributed by atoms with Crippen molar-refractivity contribution in [1.82, 2.24) is 0 Å². The summed E-state index contributed by atoms with van der Waals surface area (Å²) < 4.78 is 2.24. The van der Waals surface area contributed by atoms with E-state index in [1.807, 2.05) is 0 Å². The fourth-order valence-corrected chi connectivity index (χ4v) is 3.69. The fourth-order valence-electron chi connectivity index (χ4n) is 3.69. The van der Waals surface area contributed by atoms with Crippen LogP contribution in [0.2, 0.25) is 0 Å². The Hall–Kier alpha value is -2.67. The summed E-state index contributed by atoms with van der Waals surface area (Å²) in [6.45, 7) is 6.71. The van der Waals surface area contributed by atoms with Gasteiger partial charge >= 0.3 is 0 Å². The van der Waals surface area contributed by atoms with E-state index in [0.717, 1.165) is 0 Å². The van der Waals surface area contributed by atoms with Crippen molar-refractivity contribution in [3.63, 3.8) is 0 Å². The molecule has 1 nitrogen and oxygen atoms in total. The molecule has 0 aliphatic rings. The molecular weight excluding hydrogens is 302 g/mol. The van der Waals surface area contributed by atoms with Gasteiger partial charge in [-0.05, 0) is 52.3 Å². The Morgan fingerprint density at radius 2 is 1.52 bits per heavy atom. The van der Waals surface area contributed by atoms with E-state index in [0.29, 0.717) is 5.92 Å². The number of benzene rings is 3. The summed E-state index contributed by atoms with van der Waals surface area (Å²) in [7, 11) is 2.14. The van der Waals surface area contributed by atoms with Gasteiger partial charge in [0.05, 0.1) is 10.9 Å². The molecule has 124 valence electrons. The maximum atomic E-state index is 2.33. The summed E-state index contributed by atoms with van der Waals surface area (Å²) >= 11 is 0. The third-order valence-corrected chi connectivity index (χ3v) is 5.18. The molecule has 1 heteroatoms. The molecule has 0 spiro atoms. The number of aromatic nitrogens is 1. The lowest BCUT2D eigenvalue weighted by molar-refractivity contribution is -0.659. The first-order valence-corrected chi connectivity index (χ1v) is 8.96. The van der Waals surface area contributed by atoms with Crippen molar-refractivity contribution in [3.05, 3.63) is 78.0 Å². The van der Waals surface area contributed by atoms with Gasteiger partial charge in [0.2, 0.25) is 5.69 Å². The minimum Gasteiger partial charge on any atom is -0.200 e. The molecule has 3 aromatic carbocycles. The zero-order valence-corrected chi connectivity index (χ0v) is 15.4. The largest absolute Gasteiger partial charge is 0.220 e. The van der Waals surface area contributed by atoms with Gasteiger partial charge in [-0.2, -0.15) is 0 Å².